The average molecular weight is 333 g/mol. The summed E-state index contributed by atoms with van der Waals surface area (Å²) in [5.41, 5.74) is 0.430. The molecule has 0 saturated carbocycles. The van der Waals surface area contributed by atoms with Crippen molar-refractivity contribution in [3.63, 3.8) is 0 Å². The summed E-state index contributed by atoms with van der Waals surface area (Å²) in [4.78, 5) is 31.6. The Hall–Kier alpha value is -2.44. The van der Waals surface area contributed by atoms with Crippen molar-refractivity contribution in [2.45, 2.75) is 32.3 Å². The third-order valence-electron chi connectivity index (χ3n) is 4.26. The molecule has 0 aromatic heterocycles. The lowest BCUT2D eigenvalue weighted by Gasteiger charge is -2.32. The number of carbonyl (C=O) groups is 2. The number of hydrogen-bond donors (Lipinski definition) is 1. The minimum atomic E-state index is -0.378. The maximum absolute atomic E-state index is 13.0. The van der Waals surface area contributed by atoms with Gasteiger partial charge in [0, 0.05) is 25.1 Å². The van der Waals surface area contributed by atoms with Crippen molar-refractivity contribution in [3.05, 3.63) is 35.6 Å². The Morgan fingerprint density at radius 1 is 1.33 bits per heavy atom. The Morgan fingerprint density at radius 3 is 2.75 bits per heavy atom. The van der Waals surface area contributed by atoms with Crippen LogP contribution in [0.5, 0.6) is 0 Å². The second kappa shape index (κ2) is 6.98. The number of nitrogens with zero attached hydrogens (tertiary/aromatic N) is 2. The van der Waals surface area contributed by atoms with E-state index >= 15 is 0 Å². The Labute approximate surface area is 139 Å². The normalized spacial score (nSPS) is 23.4. The number of carbonyl (C=O) groups excluding carboxylic acids is 2. The maximum Gasteiger partial charge on any atom is 0.253 e. The summed E-state index contributed by atoms with van der Waals surface area (Å²) in [5, 5.41) is 6.61. The Balaban J connectivity index is 1.60. The van der Waals surface area contributed by atoms with Gasteiger partial charge in [-0.1, -0.05) is 5.16 Å². The molecule has 0 bridgehead atoms. The van der Waals surface area contributed by atoms with Gasteiger partial charge >= 0.3 is 0 Å². The van der Waals surface area contributed by atoms with Crippen LogP contribution in [0.2, 0.25) is 0 Å². The number of amides is 2. The van der Waals surface area contributed by atoms with Gasteiger partial charge < -0.3 is 15.1 Å². The van der Waals surface area contributed by atoms with Crippen molar-refractivity contribution < 1.29 is 18.8 Å². The van der Waals surface area contributed by atoms with Crippen LogP contribution in [0.15, 0.2) is 29.4 Å². The van der Waals surface area contributed by atoms with Crippen LogP contribution in [0.25, 0.3) is 0 Å². The van der Waals surface area contributed by atoms with Gasteiger partial charge in [0.1, 0.15) is 11.9 Å². The summed E-state index contributed by atoms with van der Waals surface area (Å²) < 4.78 is 13.0. The number of rotatable bonds is 2. The monoisotopic (exact) mass is 333 g/mol. The number of piperidine rings is 1. The van der Waals surface area contributed by atoms with Crippen LogP contribution in [0.3, 0.4) is 0 Å². The summed E-state index contributed by atoms with van der Waals surface area (Å²) in [6.45, 7) is 2.83. The molecule has 1 aromatic rings. The molecule has 2 aliphatic heterocycles. The summed E-state index contributed by atoms with van der Waals surface area (Å²) >= 11 is 0. The summed E-state index contributed by atoms with van der Waals surface area (Å²) in [7, 11) is 0. The van der Waals surface area contributed by atoms with Gasteiger partial charge in [-0.15, -0.1) is 0 Å². The van der Waals surface area contributed by atoms with Gasteiger partial charge in [-0.3, -0.25) is 9.59 Å². The fourth-order valence-corrected chi connectivity index (χ4v) is 2.97. The topological polar surface area (TPSA) is 71.0 Å². The van der Waals surface area contributed by atoms with E-state index in [2.05, 4.69) is 10.5 Å². The molecule has 3 rings (SSSR count). The van der Waals surface area contributed by atoms with Crippen LogP contribution in [-0.2, 0) is 9.63 Å². The van der Waals surface area contributed by atoms with E-state index in [9.17, 15) is 14.0 Å². The minimum absolute atomic E-state index is 0.0248. The highest BCUT2D eigenvalue weighted by Crippen LogP contribution is 2.19. The molecule has 2 heterocycles. The lowest BCUT2D eigenvalue weighted by atomic mass is 9.96. The second-order valence-corrected chi connectivity index (χ2v) is 6.24. The van der Waals surface area contributed by atoms with E-state index in [0.29, 0.717) is 30.9 Å². The zero-order valence-corrected chi connectivity index (χ0v) is 13.5. The minimum Gasteiger partial charge on any atom is -0.391 e. The molecule has 1 fully saturated rings. The number of nitrogens with one attached hydrogen (secondary N) is 1. The predicted octanol–water partition coefficient (Wildman–Crippen LogP) is 1.92. The van der Waals surface area contributed by atoms with Crippen molar-refractivity contribution in [2.24, 2.45) is 11.1 Å². The van der Waals surface area contributed by atoms with Crippen molar-refractivity contribution in [1.29, 1.82) is 0 Å². The molecule has 0 aliphatic carbocycles. The highest BCUT2D eigenvalue weighted by Gasteiger charge is 2.30. The van der Waals surface area contributed by atoms with Crippen molar-refractivity contribution in [2.75, 3.05) is 13.1 Å². The molecule has 6 nitrogen and oxygen atoms in total. The summed E-state index contributed by atoms with van der Waals surface area (Å²) in [5.74, 6) is -0.432. The molecule has 1 N–H and O–H groups in total. The molecule has 7 heteroatoms. The molecular weight excluding hydrogens is 313 g/mol. The standard InChI is InChI=1S/C17H20FN3O3/c1-11-9-15(20-24-11)19-16(22)13-3-2-8-21(10-13)17(23)12-4-6-14(18)7-5-12/h4-7,11,13H,2-3,8-10H2,1H3,(H,19,20,22). The van der Waals surface area contributed by atoms with Crippen LogP contribution in [0.1, 0.15) is 36.5 Å². The van der Waals surface area contributed by atoms with E-state index in [0.717, 1.165) is 12.8 Å². The van der Waals surface area contributed by atoms with Crippen LogP contribution in [0, 0.1) is 11.7 Å². The van der Waals surface area contributed by atoms with Crippen LogP contribution in [0.4, 0.5) is 4.39 Å². The molecule has 1 saturated heterocycles. The molecule has 0 radical (unpaired) electrons. The quantitative estimate of drug-likeness (QED) is 0.899. The first-order chi connectivity index (χ1) is 11.5. The average Bonchev–Trinajstić information content (AvgIpc) is 3.00. The number of oxime groups is 1. The van der Waals surface area contributed by atoms with E-state index in [1.54, 1.807) is 4.90 Å². The number of halogens is 1. The van der Waals surface area contributed by atoms with Crippen LogP contribution < -0.4 is 5.32 Å². The van der Waals surface area contributed by atoms with Gasteiger partial charge in [0.05, 0.1) is 5.92 Å². The Morgan fingerprint density at radius 2 is 2.08 bits per heavy atom. The highest BCUT2D eigenvalue weighted by atomic mass is 19.1. The lowest BCUT2D eigenvalue weighted by Crippen LogP contribution is -2.46. The number of benzene rings is 1. The fourth-order valence-electron chi connectivity index (χ4n) is 2.97. The van der Waals surface area contributed by atoms with E-state index in [4.69, 9.17) is 4.84 Å². The fraction of sp³-hybridized carbons (Fsp3) is 0.471. The Bertz CT molecular complexity index is 660. The van der Waals surface area contributed by atoms with Gasteiger partial charge in [-0.2, -0.15) is 0 Å². The van der Waals surface area contributed by atoms with Crippen molar-refractivity contribution in [1.82, 2.24) is 10.2 Å². The second-order valence-electron chi connectivity index (χ2n) is 6.24. The first-order valence-electron chi connectivity index (χ1n) is 8.11. The van der Waals surface area contributed by atoms with Gasteiger partial charge in [-0.25, -0.2) is 4.39 Å². The van der Waals surface area contributed by atoms with Crippen molar-refractivity contribution in [3.8, 4) is 0 Å². The highest BCUT2D eigenvalue weighted by molar-refractivity contribution is 6.00. The van der Waals surface area contributed by atoms with Crippen LogP contribution in [-0.4, -0.2) is 41.7 Å². The van der Waals surface area contributed by atoms with E-state index in [-0.39, 0.29) is 29.7 Å². The zero-order chi connectivity index (χ0) is 17.1. The molecule has 0 spiro atoms. The third-order valence-corrected chi connectivity index (χ3v) is 4.26. The molecule has 2 atom stereocenters. The van der Waals surface area contributed by atoms with Gasteiger partial charge in [0.15, 0.2) is 5.84 Å². The maximum atomic E-state index is 13.0. The van der Waals surface area contributed by atoms with Gasteiger partial charge in [0.2, 0.25) is 5.91 Å². The summed E-state index contributed by atoms with van der Waals surface area (Å²) in [6, 6.07) is 5.46. The predicted molar refractivity (Wildman–Crippen MR) is 85.8 cm³/mol. The lowest BCUT2D eigenvalue weighted by molar-refractivity contribution is -0.124. The summed E-state index contributed by atoms with van der Waals surface area (Å²) in [6.07, 6.45) is 2.03. The van der Waals surface area contributed by atoms with E-state index in [1.807, 2.05) is 6.92 Å². The van der Waals surface area contributed by atoms with Crippen LogP contribution >= 0.6 is 0 Å². The van der Waals surface area contributed by atoms with E-state index < -0.39 is 0 Å². The van der Waals surface area contributed by atoms with Crippen molar-refractivity contribution >= 4 is 17.6 Å². The van der Waals surface area contributed by atoms with E-state index in [1.165, 1.54) is 24.3 Å². The van der Waals surface area contributed by atoms with Gasteiger partial charge in [0.25, 0.3) is 5.91 Å². The molecule has 24 heavy (non-hydrogen) atoms. The molecule has 2 aliphatic rings. The number of hydrogen-bond acceptors (Lipinski definition) is 4. The molecular formula is C17H20FN3O3. The molecule has 2 unspecified atom stereocenters. The molecule has 1 aromatic carbocycles. The smallest absolute Gasteiger partial charge is 0.253 e. The number of likely N-dealkylation sites (tertiary alicyclic amines) is 1. The third kappa shape index (κ3) is 3.72. The SMILES string of the molecule is CC1CC(NC(=O)C2CCCN(C(=O)c3ccc(F)cc3)C2)=NO1. The molecule has 2 amide bonds. The van der Waals surface area contributed by atoms with Gasteiger partial charge in [-0.05, 0) is 44.0 Å². The largest absolute Gasteiger partial charge is 0.391 e. The number of amidine groups is 1. The first kappa shape index (κ1) is 16.4. The zero-order valence-electron chi connectivity index (χ0n) is 13.5. The molecule has 128 valence electrons. The first-order valence-corrected chi connectivity index (χ1v) is 8.11. The Kier molecular flexibility index (Phi) is 4.78.